The molecule has 1 fully saturated rings. The Morgan fingerprint density at radius 2 is 1.90 bits per heavy atom. The standard InChI is InChI=1S/C16H20F4O/c1-15(2)8-4-3-5-11(15)14(21)10-6-7-13(17)12(9-10)16(18,19)20/h6-7,9,11,14,21H,3-5,8H2,1-2H3. The van der Waals surface area contributed by atoms with Gasteiger partial charge in [-0.25, -0.2) is 4.39 Å². The molecule has 0 heterocycles. The zero-order valence-corrected chi connectivity index (χ0v) is 12.2. The maximum Gasteiger partial charge on any atom is 0.419 e. The fourth-order valence-electron chi connectivity index (χ4n) is 3.28. The van der Waals surface area contributed by atoms with Gasteiger partial charge in [-0.3, -0.25) is 0 Å². The number of alkyl halides is 3. The molecule has 118 valence electrons. The molecule has 21 heavy (non-hydrogen) atoms. The second-order valence-electron chi connectivity index (χ2n) is 6.52. The lowest BCUT2D eigenvalue weighted by Gasteiger charge is -2.41. The lowest BCUT2D eigenvalue weighted by molar-refractivity contribution is -0.140. The number of hydrogen-bond acceptors (Lipinski definition) is 1. The first-order chi connectivity index (χ1) is 9.63. The predicted molar refractivity (Wildman–Crippen MR) is 72.1 cm³/mol. The molecule has 2 unspecified atom stereocenters. The third kappa shape index (κ3) is 3.39. The highest BCUT2D eigenvalue weighted by Crippen LogP contribution is 2.47. The molecule has 0 amide bonds. The van der Waals surface area contributed by atoms with Crippen LogP contribution < -0.4 is 0 Å². The van der Waals surface area contributed by atoms with Crippen LogP contribution in [0.25, 0.3) is 0 Å². The van der Waals surface area contributed by atoms with Crippen molar-refractivity contribution in [3.8, 4) is 0 Å². The highest BCUT2D eigenvalue weighted by molar-refractivity contribution is 5.29. The first-order valence-corrected chi connectivity index (χ1v) is 7.17. The Morgan fingerprint density at radius 3 is 2.48 bits per heavy atom. The summed E-state index contributed by atoms with van der Waals surface area (Å²) in [6.07, 6.45) is -2.02. The van der Waals surface area contributed by atoms with E-state index in [1.807, 2.05) is 13.8 Å². The molecule has 1 aromatic rings. The molecule has 5 heteroatoms. The normalized spacial score (nSPS) is 23.9. The van der Waals surface area contributed by atoms with Crippen LogP contribution in [0.5, 0.6) is 0 Å². The minimum absolute atomic E-state index is 0.113. The van der Waals surface area contributed by atoms with E-state index in [-0.39, 0.29) is 16.9 Å². The van der Waals surface area contributed by atoms with Gasteiger partial charge in [-0.1, -0.05) is 32.8 Å². The summed E-state index contributed by atoms with van der Waals surface area (Å²) in [6.45, 7) is 4.04. The van der Waals surface area contributed by atoms with Crippen molar-refractivity contribution in [3.05, 3.63) is 35.1 Å². The number of benzene rings is 1. The van der Waals surface area contributed by atoms with Gasteiger partial charge < -0.3 is 5.11 Å². The summed E-state index contributed by atoms with van der Waals surface area (Å²) in [6, 6.07) is 2.78. The van der Waals surface area contributed by atoms with Crippen molar-refractivity contribution in [1.82, 2.24) is 0 Å². The summed E-state index contributed by atoms with van der Waals surface area (Å²) >= 11 is 0. The topological polar surface area (TPSA) is 20.2 Å². The van der Waals surface area contributed by atoms with Gasteiger partial charge in [-0.05, 0) is 41.9 Å². The average Bonchev–Trinajstić information content (AvgIpc) is 2.36. The van der Waals surface area contributed by atoms with Crippen molar-refractivity contribution in [3.63, 3.8) is 0 Å². The molecule has 0 saturated heterocycles. The molecule has 0 aromatic heterocycles. The van der Waals surface area contributed by atoms with Crippen molar-refractivity contribution >= 4 is 0 Å². The quantitative estimate of drug-likeness (QED) is 0.754. The predicted octanol–water partition coefficient (Wildman–Crippen LogP) is 5.09. The molecule has 1 aliphatic rings. The SMILES string of the molecule is CC1(C)CCCCC1C(O)c1ccc(F)c(C(F)(F)F)c1. The number of rotatable bonds is 2. The maximum absolute atomic E-state index is 13.3. The third-order valence-electron chi connectivity index (χ3n) is 4.61. The molecule has 1 N–H and O–H groups in total. The van der Waals surface area contributed by atoms with Gasteiger partial charge in [-0.2, -0.15) is 13.2 Å². The fraction of sp³-hybridized carbons (Fsp3) is 0.625. The molecule has 1 aromatic carbocycles. The highest BCUT2D eigenvalue weighted by atomic mass is 19.4. The maximum atomic E-state index is 13.3. The zero-order chi connectivity index (χ0) is 15.8. The largest absolute Gasteiger partial charge is 0.419 e. The summed E-state index contributed by atoms with van der Waals surface area (Å²) in [5, 5.41) is 10.5. The Morgan fingerprint density at radius 1 is 1.24 bits per heavy atom. The Balaban J connectivity index is 2.33. The molecule has 1 nitrogen and oxygen atoms in total. The van der Waals surface area contributed by atoms with Gasteiger partial charge >= 0.3 is 6.18 Å². The Bertz CT molecular complexity index is 507. The minimum atomic E-state index is -4.75. The number of aliphatic hydroxyl groups excluding tert-OH is 1. The first kappa shape index (κ1) is 16.3. The Kier molecular flexibility index (Phi) is 4.34. The lowest BCUT2D eigenvalue weighted by Crippen LogP contribution is -2.32. The van der Waals surface area contributed by atoms with Gasteiger partial charge in [0.2, 0.25) is 0 Å². The van der Waals surface area contributed by atoms with Gasteiger partial charge in [0.1, 0.15) is 5.82 Å². The smallest absolute Gasteiger partial charge is 0.388 e. The van der Waals surface area contributed by atoms with Crippen LogP contribution >= 0.6 is 0 Å². The van der Waals surface area contributed by atoms with E-state index >= 15 is 0 Å². The second-order valence-corrected chi connectivity index (χ2v) is 6.52. The van der Waals surface area contributed by atoms with Gasteiger partial charge in [0.05, 0.1) is 11.7 Å². The summed E-state index contributed by atoms with van der Waals surface area (Å²) in [5.41, 5.74) is -1.30. The second kappa shape index (κ2) is 5.59. The Labute approximate surface area is 122 Å². The molecule has 0 aliphatic heterocycles. The van der Waals surface area contributed by atoms with Gasteiger partial charge in [0.15, 0.2) is 0 Å². The van der Waals surface area contributed by atoms with Crippen LogP contribution in [0.2, 0.25) is 0 Å². The summed E-state index contributed by atoms with van der Waals surface area (Å²) in [5.74, 6) is -1.42. The molecule has 1 saturated carbocycles. The number of aliphatic hydroxyl groups is 1. The first-order valence-electron chi connectivity index (χ1n) is 7.17. The van der Waals surface area contributed by atoms with Crippen molar-refractivity contribution in [2.75, 3.05) is 0 Å². The molecule has 2 atom stereocenters. The highest BCUT2D eigenvalue weighted by Gasteiger charge is 2.39. The fourth-order valence-corrected chi connectivity index (χ4v) is 3.28. The molecule has 0 bridgehead atoms. The van der Waals surface area contributed by atoms with E-state index in [1.165, 1.54) is 6.07 Å². The van der Waals surface area contributed by atoms with E-state index < -0.39 is 23.7 Å². The van der Waals surface area contributed by atoms with Crippen LogP contribution in [0.1, 0.15) is 56.8 Å². The van der Waals surface area contributed by atoms with Gasteiger partial charge in [-0.15, -0.1) is 0 Å². The van der Waals surface area contributed by atoms with Crippen molar-refractivity contribution in [1.29, 1.82) is 0 Å². The van der Waals surface area contributed by atoms with Crippen LogP contribution in [0.3, 0.4) is 0 Å². The number of hydrogen-bond donors (Lipinski definition) is 1. The third-order valence-corrected chi connectivity index (χ3v) is 4.61. The van der Waals surface area contributed by atoms with Crippen LogP contribution in [-0.4, -0.2) is 5.11 Å². The lowest BCUT2D eigenvalue weighted by atomic mass is 9.65. The molecule has 2 rings (SSSR count). The number of halogens is 4. The van der Waals surface area contributed by atoms with Crippen molar-refractivity contribution < 1.29 is 22.7 Å². The van der Waals surface area contributed by atoms with E-state index in [1.54, 1.807) is 0 Å². The van der Waals surface area contributed by atoms with Crippen LogP contribution in [0.4, 0.5) is 17.6 Å². The molecule has 1 aliphatic carbocycles. The van der Waals surface area contributed by atoms with Crippen molar-refractivity contribution in [2.24, 2.45) is 11.3 Å². The monoisotopic (exact) mass is 304 g/mol. The Hall–Kier alpha value is -1.10. The summed E-state index contributed by atoms with van der Waals surface area (Å²) in [4.78, 5) is 0. The molecular weight excluding hydrogens is 284 g/mol. The molecular formula is C16H20F4O. The minimum Gasteiger partial charge on any atom is -0.388 e. The van der Waals surface area contributed by atoms with Crippen LogP contribution in [0, 0.1) is 17.2 Å². The molecule has 0 radical (unpaired) electrons. The van der Waals surface area contributed by atoms with E-state index in [0.717, 1.165) is 37.8 Å². The van der Waals surface area contributed by atoms with Gasteiger partial charge in [0.25, 0.3) is 0 Å². The summed E-state index contributed by atoms with van der Waals surface area (Å²) < 4.78 is 51.6. The zero-order valence-electron chi connectivity index (χ0n) is 12.2. The summed E-state index contributed by atoms with van der Waals surface area (Å²) in [7, 11) is 0. The van der Waals surface area contributed by atoms with E-state index in [9.17, 15) is 22.7 Å². The average molecular weight is 304 g/mol. The molecule has 0 spiro atoms. The van der Waals surface area contributed by atoms with Crippen LogP contribution in [0.15, 0.2) is 18.2 Å². The van der Waals surface area contributed by atoms with Gasteiger partial charge in [0, 0.05) is 0 Å². The van der Waals surface area contributed by atoms with E-state index in [0.29, 0.717) is 0 Å². The van der Waals surface area contributed by atoms with Crippen LogP contribution in [-0.2, 0) is 6.18 Å². The van der Waals surface area contributed by atoms with E-state index in [4.69, 9.17) is 0 Å². The van der Waals surface area contributed by atoms with E-state index in [2.05, 4.69) is 0 Å². The van der Waals surface area contributed by atoms with Crippen molar-refractivity contribution in [2.45, 2.75) is 51.8 Å².